The van der Waals surface area contributed by atoms with Crippen LogP contribution < -0.4 is 15.8 Å². The van der Waals surface area contributed by atoms with Crippen molar-refractivity contribution in [3.05, 3.63) is 12.4 Å². The second kappa shape index (κ2) is 7.00. The summed E-state index contributed by atoms with van der Waals surface area (Å²) in [6, 6.07) is 0. The maximum absolute atomic E-state index is 5.54. The maximum Gasteiger partial charge on any atom is 0.233 e. The van der Waals surface area contributed by atoms with Crippen LogP contribution >= 0.6 is 0 Å². The molecule has 0 radical (unpaired) electrons. The lowest BCUT2D eigenvalue weighted by atomic mass is 10.1. The Hall–Kier alpha value is -1.36. The van der Waals surface area contributed by atoms with E-state index in [1.807, 2.05) is 0 Å². The van der Waals surface area contributed by atoms with Crippen LogP contribution in [0.5, 0.6) is 5.88 Å². The third-order valence-corrected chi connectivity index (χ3v) is 2.40. The molecule has 0 aliphatic rings. The van der Waals surface area contributed by atoms with E-state index >= 15 is 0 Å². The van der Waals surface area contributed by atoms with Crippen LogP contribution in [-0.2, 0) is 0 Å². The summed E-state index contributed by atoms with van der Waals surface area (Å²) in [4.78, 5) is 8.22. The molecular formula is C11H20N4O. The highest BCUT2D eigenvalue weighted by atomic mass is 16.5. The van der Waals surface area contributed by atoms with E-state index in [0.29, 0.717) is 11.8 Å². The average molecular weight is 224 g/mol. The van der Waals surface area contributed by atoms with Crippen molar-refractivity contribution < 1.29 is 4.74 Å². The molecular weight excluding hydrogens is 204 g/mol. The highest BCUT2D eigenvalue weighted by Gasteiger charge is 2.00. The molecule has 1 unspecified atom stereocenters. The zero-order valence-electron chi connectivity index (χ0n) is 9.94. The summed E-state index contributed by atoms with van der Waals surface area (Å²) in [6.45, 7) is 3.79. The number of nitrogens with zero attached hydrogens (tertiary/aromatic N) is 2. The molecule has 0 fully saturated rings. The first-order valence-electron chi connectivity index (χ1n) is 5.56. The van der Waals surface area contributed by atoms with Gasteiger partial charge in [-0.05, 0) is 25.3 Å². The molecule has 0 amide bonds. The Morgan fingerprint density at radius 3 is 3.00 bits per heavy atom. The van der Waals surface area contributed by atoms with Crippen molar-refractivity contribution in [2.24, 2.45) is 11.7 Å². The van der Waals surface area contributed by atoms with Gasteiger partial charge in [-0.2, -0.15) is 4.98 Å². The van der Waals surface area contributed by atoms with Gasteiger partial charge < -0.3 is 15.8 Å². The fourth-order valence-corrected chi connectivity index (χ4v) is 1.32. The number of aromatic nitrogens is 2. The van der Waals surface area contributed by atoms with Gasteiger partial charge in [0.1, 0.15) is 5.82 Å². The Kier molecular flexibility index (Phi) is 5.56. The SMILES string of the molecule is COc1cncc(NCCCC(C)CN)n1. The minimum Gasteiger partial charge on any atom is -0.480 e. The Morgan fingerprint density at radius 1 is 1.50 bits per heavy atom. The van der Waals surface area contributed by atoms with Crippen molar-refractivity contribution in [2.45, 2.75) is 19.8 Å². The van der Waals surface area contributed by atoms with E-state index in [1.54, 1.807) is 19.5 Å². The number of ether oxygens (including phenoxy) is 1. The zero-order valence-corrected chi connectivity index (χ0v) is 9.94. The summed E-state index contributed by atoms with van der Waals surface area (Å²) in [6.07, 6.45) is 5.48. The van der Waals surface area contributed by atoms with Crippen molar-refractivity contribution in [1.82, 2.24) is 9.97 Å². The lowest BCUT2D eigenvalue weighted by molar-refractivity contribution is 0.396. The first-order valence-corrected chi connectivity index (χ1v) is 5.56. The Labute approximate surface area is 96.4 Å². The van der Waals surface area contributed by atoms with Crippen LogP contribution in [0.3, 0.4) is 0 Å². The molecule has 0 bridgehead atoms. The summed E-state index contributed by atoms with van der Waals surface area (Å²) < 4.78 is 4.99. The largest absolute Gasteiger partial charge is 0.480 e. The summed E-state index contributed by atoms with van der Waals surface area (Å²) in [5, 5.41) is 3.20. The van der Waals surface area contributed by atoms with E-state index < -0.39 is 0 Å². The molecule has 5 heteroatoms. The van der Waals surface area contributed by atoms with E-state index in [4.69, 9.17) is 10.5 Å². The van der Waals surface area contributed by atoms with Crippen molar-refractivity contribution in [3.8, 4) is 5.88 Å². The molecule has 0 aromatic carbocycles. The topological polar surface area (TPSA) is 73.1 Å². The minimum atomic E-state index is 0.528. The highest BCUT2D eigenvalue weighted by molar-refractivity contribution is 5.32. The first kappa shape index (κ1) is 12.7. The fourth-order valence-electron chi connectivity index (χ4n) is 1.32. The van der Waals surface area contributed by atoms with Crippen molar-refractivity contribution in [3.63, 3.8) is 0 Å². The lowest BCUT2D eigenvalue weighted by Crippen LogP contribution is -2.12. The van der Waals surface area contributed by atoms with Gasteiger partial charge in [0.25, 0.3) is 0 Å². The molecule has 5 nitrogen and oxygen atoms in total. The zero-order chi connectivity index (χ0) is 11.8. The molecule has 0 saturated heterocycles. The van der Waals surface area contributed by atoms with Gasteiger partial charge in [0, 0.05) is 6.54 Å². The van der Waals surface area contributed by atoms with Crippen molar-refractivity contribution in [2.75, 3.05) is 25.5 Å². The van der Waals surface area contributed by atoms with E-state index in [-0.39, 0.29) is 0 Å². The van der Waals surface area contributed by atoms with E-state index in [2.05, 4.69) is 22.2 Å². The third-order valence-electron chi connectivity index (χ3n) is 2.40. The predicted molar refractivity (Wildman–Crippen MR) is 64.5 cm³/mol. The normalized spacial score (nSPS) is 12.2. The fraction of sp³-hybridized carbons (Fsp3) is 0.636. The molecule has 1 aromatic rings. The van der Waals surface area contributed by atoms with Gasteiger partial charge in [-0.3, -0.25) is 4.98 Å². The first-order chi connectivity index (χ1) is 7.76. The van der Waals surface area contributed by atoms with Crippen LogP contribution in [0.15, 0.2) is 12.4 Å². The molecule has 0 aliphatic heterocycles. The number of nitrogens with one attached hydrogen (secondary N) is 1. The Morgan fingerprint density at radius 2 is 2.31 bits per heavy atom. The summed E-state index contributed by atoms with van der Waals surface area (Å²) in [5.74, 6) is 1.86. The number of hydrogen-bond acceptors (Lipinski definition) is 5. The van der Waals surface area contributed by atoms with Gasteiger partial charge in [0.05, 0.1) is 19.5 Å². The molecule has 1 heterocycles. The third kappa shape index (κ3) is 4.44. The average Bonchev–Trinajstić information content (AvgIpc) is 2.34. The second-order valence-corrected chi connectivity index (χ2v) is 3.86. The van der Waals surface area contributed by atoms with Crippen LogP contribution in [0.4, 0.5) is 5.82 Å². The minimum absolute atomic E-state index is 0.528. The van der Waals surface area contributed by atoms with Gasteiger partial charge in [0.15, 0.2) is 0 Å². The number of anilines is 1. The molecule has 90 valence electrons. The van der Waals surface area contributed by atoms with Crippen molar-refractivity contribution >= 4 is 5.82 Å². The van der Waals surface area contributed by atoms with Crippen LogP contribution in [0.25, 0.3) is 0 Å². The summed E-state index contributed by atoms with van der Waals surface area (Å²) in [5.41, 5.74) is 5.54. The molecule has 16 heavy (non-hydrogen) atoms. The quantitative estimate of drug-likeness (QED) is 0.682. The second-order valence-electron chi connectivity index (χ2n) is 3.86. The Balaban J connectivity index is 2.26. The maximum atomic E-state index is 5.54. The molecule has 1 rings (SSSR count). The van der Waals surface area contributed by atoms with Gasteiger partial charge in [-0.25, -0.2) is 0 Å². The standard InChI is InChI=1S/C11H20N4O/c1-9(6-12)4-3-5-14-10-7-13-8-11(15-10)16-2/h7-9H,3-6,12H2,1-2H3,(H,14,15). The van der Waals surface area contributed by atoms with Crippen LogP contribution in [0.2, 0.25) is 0 Å². The van der Waals surface area contributed by atoms with Crippen LogP contribution in [0.1, 0.15) is 19.8 Å². The number of rotatable bonds is 7. The number of nitrogens with two attached hydrogens (primary N) is 1. The molecule has 3 N–H and O–H groups in total. The smallest absolute Gasteiger partial charge is 0.233 e. The lowest BCUT2D eigenvalue weighted by Gasteiger charge is -2.09. The summed E-state index contributed by atoms with van der Waals surface area (Å²) >= 11 is 0. The van der Waals surface area contributed by atoms with E-state index in [9.17, 15) is 0 Å². The molecule has 0 spiro atoms. The summed E-state index contributed by atoms with van der Waals surface area (Å²) in [7, 11) is 1.58. The Bertz CT molecular complexity index is 306. The van der Waals surface area contributed by atoms with E-state index in [0.717, 1.165) is 31.7 Å². The van der Waals surface area contributed by atoms with Crippen molar-refractivity contribution in [1.29, 1.82) is 0 Å². The molecule has 1 atom stereocenters. The molecule has 1 aromatic heterocycles. The molecule has 0 saturated carbocycles. The van der Waals surface area contributed by atoms with E-state index in [1.165, 1.54) is 0 Å². The predicted octanol–water partition coefficient (Wildman–Crippen LogP) is 1.27. The van der Waals surface area contributed by atoms with Gasteiger partial charge in [0.2, 0.25) is 5.88 Å². The molecule has 0 aliphatic carbocycles. The van der Waals surface area contributed by atoms with Crippen LogP contribution in [0, 0.1) is 5.92 Å². The van der Waals surface area contributed by atoms with Crippen LogP contribution in [-0.4, -0.2) is 30.2 Å². The number of hydrogen-bond donors (Lipinski definition) is 2. The highest BCUT2D eigenvalue weighted by Crippen LogP contribution is 2.09. The van der Waals surface area contributed by atoms with Gasteiger partial charge in [-0.15, -0.1) is 0 Å². The van der Waals surface area contributed by atoms with Gasteiger partial charge in [-0.1, -0.05) is 6.92 Å². The monoisotopic (exact) mass is 224 g/mol. The van der Waals surface area contributed by atoms with Gasteiger partial charge >= 0.3 is 0 Å². The number of methoxy groups -OCH3 is 1.